The van der Waals surface area contributed by atoms with Gasteiger partial charge in [0.25, 0.3) is 0 Å². The number of carbonyl (C=O) groups is 1. The van der Waals surface area contributed by atoms with Gasteiger partial charge < -0.3 is 4.74 Å². The van der Waals surface area contributed by atoms with E-state index in [1.54, 1.807) is 12.1 Å². The van der Waals surface area contributed by atoms with Crippen LogP contribution in [0, 0.1) is 6.92 Å². The first-order valence-electron chi connectivity index (χ1n) is 4.87. The fourth-order valence-electron chi connectivity index (χ4n) is 1.64. The molecule has 88 valence electrons. The predicted octanol–water partition coefficient (Wildman–Crippen LogP) is 3.75. The van der Waals surface area contributed by atoms with Gasteiger partial charge in [0.05, 0.1) is 23.2 Å². The minimum atomic E-state index is -0.425. The quantitative estimate of drug-likeness (QED) is 0.753. The van der Waals surface area contributed by atoms with E-state index in [4.69, 9.17) is 16.3 Å². The van der Waals surface area contributed by atoms with Gasteiger partial charge in [-0.15, -0.1) is 0 Å². The number of pyridine rings is 1. The molecule has 0 aliphatic carbocycles. The number of hydrogen-bond donors (Lipinski definition) is 0. The summed E-state index contributed by atoms with van der Waals surface area (Å²) in [5, 5.41) is 1.30. The summed E-state index contributed by atoms with van der Waals surface area (Å²) in [5.74, 6) is -0.425. The number of methoxy groups -OCH3 is 1. The Kier molecular flexibility index (Phi) is 3.35. The van der Waals surface area contributed by atoms with E-state index >= 15 is 0 Å². The Morgan fingerprint density at radius 3 is 2.76 bits per heavy atom. The number of ether oxygens (including phenoxy) is 1. The average molecular weight is 315 g/mol. The van der Waals surface area contributed by atoms with Crippen molar-refractivity contribution in [3.8, 4) is 0 Å². The van der Waals surface area contributed by atoms with Crippen molar-refractivity contribution in [2.75, 3.05) is 7.11 Å². The van der Waals surface area contributed by atoms with Gasteiger partial charge in [0.1, 0.15) is 0 Å². The van der Waals surface area contributed by atoms with Crippen LogP contribution in [0.1, 0.15) is 16.1 Å². The number of halogens is 2. The SMILES string of the molecule is COC(=O)c1cc(Br)cc2c(Cl)cc(C)nc12. The Hall–Kier alpha value is -1.13. The third-order valence-electron chi connectivity index (χ3n) is 2.36. The van der Waals surface area contributed by atoms with Gasteiger partial charge in [0.2, 0.25) is 0 Å². The zero-order valence-corrected chi connectivity index (χ0v) is 11.6. The van der Waals surface area contributed by atoms with Crippen LogP contribution in [-0.2, 0) is 4.74 Å². The van der Waals surface area contributed by atoms with E-state index in [-0.39, 0.29) is 0 Å². The highest BCUT2D eigenvalue weighted by Gasteiger charge is 2.15. The lowest BCUT2D eigenvalue weighted by molar-refractivity contribution is 0.0602. The molecule has 0 spiro atoms. The number of nitrogens with zero attached hydrogens (tertiary/aromatic N) is 1. The van der Waals surface area contributed by atoms with Crippen LogP contribution in [-0.4, -0.2) is 18.1 Å². The molecule has 0 N–H and O–H groups in total. The third-order valence-corrected chi connectivity index (χ3v) is 3.13. The molecule has 0 atom stereocenters. The zero-order valence-electron chi connectivity index (χ0n) is 9.25. The van der Waals surface area contributed by atoms with Crippen LogP contribution in [0.3, 0.4) is 0 Å². The van der Waals surface area contributed by atoms with Gasteiger partial charge in [-0.1, -0.05) is 27.5 Å². The lowest BCUT2D eigenvalue weighted by Gasteiger charge is -2.07. The van der Waals surface area contributed by atoms with Crippen LogP contribution in [0.15, 0.2) is 22.7 Å². The molecule has 0 aliphatic rings. The van der Waals surface area contributed by atoms with E-state index in [9.17, 15) is 4.79 Å². The summed E-state index contributed by atoms with van der Waals surface area (Å²) in [6.45, 7) is 1.83. The highest BCUT2D eigenvalue weighted by Crippen LogP contribution is 2.29. The molecule has 0 aliphatic heterocycles. The van der Waals surface area contributed by atoms with E-state index in [1.165, 1.54) is 7.11 Å². The molecule has 0 saturated heterocycles. The molecule has 3 nitrogen and oxygen atoms in total. The van der Waals surface area contributed by atoms with Crippen LogP contribution in [0.5, 0.6) is 0 Å². The maximum atomic E-state index is 11.7. The summed E-state index contributed by atoms with van der Waals surface area (Å²) in [4.78, 5) is 16.0. The average Bonchev–Trinajstić information content (AvgIpc) is 2.28. The van der Waals surface area contributed by atoms with Crippen molar-refractivity contribution < 1.29 is 9.53 Å². The van der Waals surface area contributed by atoms with Crippen LogP contribution in [0.25, 0.3) is 10.9 Å². The Bertz CT molecular complexity index is 613. The van der Waals surface area contributed by atoms with Crippen LogP contribution < -0.4 is 0 Å². The van der Waals surface area contributed by atoms with Crippen molar-refractivity contribution in [1.29, 1.82) is 0 Å². The van der Waals surface area contributed by atoms with E-state index in [0.717, 1.165) is 15.6 Å². The molecule has 0 unspecified atom stereocenters. The minimum Gasteiger partial charge on any atom is -0.465 e. The zero-order chi connectivity index (χ0) is 12.6. The molecule has 0 fully saturated rings. The van der Waals surface area contributed by atoms with Gasteiger partial charge in [-0.05, 0) is 25.1 Å². The van der Waals surface area contributed by atoms with Crippen molar-refractivity contribution in [2.24, 2.45) is 0 Å². The maximum absolute atomic E-state index is 11.7. The van der Waals surface area contributed by atoms with Gasteiger partial charge in [-0.25, -0.2) is 4.79 Å². The molecule has 1 heterocycles. The predicted molar refractivity (Wildman–Crippen MR) is 70.5 cm³/mol. The largest absolute Gasteiger partial charge is 0.465 e. The molecule has 0 radical (unpaired) electrons. The van der Waals surface area contributed by atoms with E-state index in [1.807, 2.05) is 13.0 Å². The molecule has 2 rings (SSSR count). The van der Waals surface area contributed by atoms with Crippen LogP contribution in [0.4, 0.5) is 0 Å². The van der Waals surface area contributed by atoms with Gasteiger partial charge in [-0.3, -0.25) is 4.98 Å². The van der Waals surface area contributed by atoms with Crippen molar-refractivity contribution in [1.82, 2.24) is 4.98 Å². The first-order valence-corrected chi connectivity index (χ1v) is 6.04. The van der Waals surface area contributed by atoms with Crippen molar-refractivity contribution in [3.05, 3.63) is 39.0 Å². The minimum absolute atomic E-state index is 0.405. The van der Waals surface area contributed by atoms with Crippen LogP contribution >= 0.6 is 27.5 Å². The van der Waals surface area contributed by atoms with E-state index in [2.05, 4.69) is 20.9 Å². The summed E-state index contributed by atoms with van der Waals surface area (Å²) in [7, 11) is 1.34. The highest BCUT2D eigenvalue weighted by molar-refractivity contribution is 9.10. The summed E-state index contributed by atoms with van der Waals surface area (Å²) in [6, 6.07) is 5.27. The van der Waals surface area contributed by atoms with Gasteiger partial charge in [0, 0.05) is 15.6 Å². The summed E-state index contributed by atoms with van der Waals surface area (Å²) >= 11 is 9.48. The van der Waals surface area contributed by atoms with Gasteiger partial charge in [-0.2, -0.15) is 0 Å². The third kappa shape index (κ3) is 2.28. The lowest BCUT2D eigenvalue weighted by Crippen LogP contribution is -2.04. The molecule has 0 saturated carbocycles. The fraction of sp³-hybridized carbons (Fsp3) is 0.167. The first-order chi connectivity index (χ1) is 8.02. The van der Waals surface area contributed by atoms with Crippen LogP contribution in [0.2, 0.25) is 5.02 Å². The smallest absolute Gasteiger partial charge is 0.340 e. The Balaban J connectivity index is 2.87. The molecule has 1 aromatic heterocycles. The molecule has 17 heavy (non-hydrogen) atoms. The highest BCUT2D eigenvalue weighted by atomic mass is 79.9. The normalized spacial score (nSPS) is 10.6. The van der Waals surface area contributed by atoms with Gasteiger partial charge in [0.15, 0.2) is 0 Å². The monoisotopic (exact) mass is 313 g/mol. The maximum Gasteiger partial charge on any atom is 0.340 e. The topological polar surface area (TPSA) is 39.2 Å². The Morgan fingerprint density at radius 1 is 1.41 bits per heavy atom. The molecule has 0 amide bonds. The first kappa shape index (κ1) is 12.3. The molecular weight excluding hydrogens is 305 g/mol. The number of esters is 1. The molecular formula is C12H9BrClNO2. The van der Waals surface area contributed by atoms with Gasteiger partial charge >= 0.3 is 5.97 Å². The number of aryl methyl sites for hydroxylation is 1. The summed E-state index contributed by atoms with van der Waals surface area (Å²) in [5.41, 5.74) is 1.72. The second-order valence-corrected chi connectivity index (χ2v) is 4.91. The number of aromatic nitrogens is 1. The number of rotatable bonds is 1. The second-order valence-electron chi connectivity index (χ2n) is 3.59. The van der Waals surface area contributed by atoms with Crippen molar-refractivity contribution in [3.63, 3.8) is 0 Å². The lowest BCUT2D eigenvalue weighted by atomic mass is 10.1. The summed E-state index contributed by atoms with van der Waals surface area (Å²) in [6.07, 6.45) is 0. The number of benzene rings is 1. The number of carbonyl (C=O) groups excluding carboxylic acids is 1. The standard InChI is InChI=1S/C12H9BrClNO2/c1-6-3-10(14)8-4-7(13)5-9(11(8)15-6)12(16)17-2/h3-5H,1-2H3. The van der Waals surface area contributed by atoms with Crippen molar-refractivity contribution in [2.45, 2.75) is 6.92 Å². The Labute approximate surface area is 112 Å². The summed E-state index contributed by atoms with van der Waals surface area (Å²) < 4.78 is 5.50. The fourth-order valence-corrected chi connectivity index (χ4v) is 2.40. The van der Waals surface area contributed by atoms with Crippen molar-refractivity contribution >= 4 is 44.4 Å². The molecule has 2 aromatic rings. The Morgan fingerprint density at radius 2 is 2.12 bits per heavy atom. The molecule has 0 bridgehead atoms. The van der Waals surface area contributed by atoms with E-state index in [0.29, 0.717) is 16.1 Å². The number of hydrogen-bond acceptors (Lipinski definition) is 3. The van der Waals surface area contributed by atoms with E-state index < -0.39 is 5.97 Å². The molecule has 1 aromatic carbocycles. The second kappa shape index (κ2) is 4.63. The number of fused-ring (bicyclic) bond motifs is 1. The molecule has 5 heteroatoms.